The monoisotopic (exact) mass is 454 g/mol. The second kappa shape index (κ2) is 8.42. The van der Waals surface area contributed by atoms with Crippen LogP contribution < -0.4 is 0 Å². The molecule has 5 nitrogen and oxygen atoms in total. The SMILES string of the molecule is CN(Cc1ccc(Br)cc1F)CC(O)(Cn1cncn1)c1ccc(F)cc1F. The van der Waals surface area contributed by atoms with E-state index in [0.717, 1.165) is 12.1 Å². The van der Waals surface area contributed by atoms with Crippen LogP contribution in [0.3, 0.4) is 0 Å². The molecule has 0 saturated heterocycles. The maximum Gasteiger partial charge on any atom is 0.137 e. The van der Waals surface area contributed by atoms with Crippen molar-refractivity contribution in [3.8, 4) is 0 Å². The second-order valence-electron chi connectivity index (χ2n) is 6.66. The third kappa shape index (κ3) is 4.78. The third-order valence-corrected chi connectivity index (χ3v) is 4.80. The Morgan fingerprint density at radius 2 is 1.93 bits per heavy atom. The van der Waals surface area contributed by atoms with Gasteiger partial charge in [0.15, 0.2) is 0 Å². The highest BCUT2D eigenvalue weighted by atomic mass is 79.9. The van der Waals surface area contributed by atoms with E-state index in [4.69, 9.17) is 0 Å². The molecule has 9 heteroatoms. The van der Waals surface area contributed by atoms with Crippen LogP contribution in [0.25, 0.3) is 0 Å². The summed E-state index contributed by atoms with van der Waals surface area (Å²) in [5, 5.41) is 15.2. The van der Waals surface area contributed by atoms with E-state index in [1.165, 1.54) is 29.5 Å². The number of halogens is 4. The van der Waals surface area contributed by atoms with Crippen LogP contribution in [-0.4, -0.2) is 38.4 Å². The van der Waals surface area contributed by atoms with Crippen molar-refractivity contribution in [2.75, 3.05) is 13.6 Å². The van der Waals surface area contributed by atoms with Gasteiger partial charge < -0.3 is 5.11 Å². The van der Waals surface area contributed by atoms with Gasteiger partial charge in [0.2, 0.25) is 0 Å². The second-order valence-corrected chi connectivity index (χ2v) is 7.57. The largest absolute Gasteiger partial charge is 0.382 e. The predicted octanol–water partition coefficient (Wildman–Crippen LogP) is 3.48. The fourth-order valence-corrected chi connectivity index (χ4v) is 3.45. The number of aliphatic hydroxyl groups is 1. The summed E-state index contributed by atoms with van der Waals surface area (Å²) in [5.41, 5.74) is -1.40. The van der Waals surface area contributed by atoms with Crippen LogP contribution in [-0.2, 0) is 18.7 Å². The predicted molar refractivity (Wildman–Crippen MR) is 101 cm³/mol. The lowest BCUT2D eigenvalue weighted by molar-refractivity contribution is -0.0176. The van der Waals surface area contributed by atoms with Gasteiger partial charge in [-0.25, -0.2) is 22.8 Å². The molecule has 3 aromatic rings. The van der Waals surface area contributed by atoms with Gasteiger partial charge in [0.05, 0.1) is 6.54 Å². The number of hydrogen-bond donors (Lipinski definition) is 1. The fourth-order valence-electron chi connectivity index (χ4n) is 3.11. The van der Waals surface area contributed by atoms with Crippen LogP contribution in [0.2, 0.25) is 0 Å². The molecule has 0 bridgehead atoms. The summed E-state index contributed by atoms with van der Waals surface area (Å²) in [5.74, 6) is -2.01. The summed E-state index contributed by atoms with van der Waals surface area (Å²) in [6.45, 7) is 0.0230. The quantitative estimate of drug-likeness (QED) is 0.593. The summed E-state index contributed by atoms with van der Waals surface area (Å²) < 4.78 is 43.9. The van der Waals surface area contributed by atoms with E-state index in [-0.39, 0.29) is 25.2 Å². The Labute approximate surface area is 168 Å². The highest BCUT2D eigenvalue weighted by Crippen LogP contribution is 2.28. The van der Waals surface area contributed by atoms with Crippen LogP contribution in [0.5, 0.6) is 0 Å². The summed E-state index contributed by atoms with van der Waals surface area (Å²) >= 11 is 3.21. The van der Waals surface area contributed by atoms with Crippen LogP contribution in [0, 0.1) is 17.5 Å². The summed E-state index contributed by atoms with van der Waals surface area (Å²) in [6, 6.07) is 7.70. The number of benzene rings is 2. The Hall–Kier alpha value is -2.23. The van der Waals surface area contributed by atoms with Gasteiger partial charge in [-0.1, -0.05) is 28.1 Å². The molecule has 1 unspecified atom stereocenters. The minimum absolute atomic E-state index is 0.0507. The molecule has 0 aliphatic carbocycles. The van der Waals surface area contributed by atoms with E-state index < -0.39 is 23.1 Å². The highest BCUT2D eigenvalue weighted by molar-refractivity contribution is 9.10. The van der Waals surface area contributed by atoms with E-state index in [2.05, 4.69) is 26.0 Å². The molecule has 1 aromatic heterocycles. The molecular formula is C19H18BrF3N4O. The number of hydrogen-bond acceptors (Lipinski definition) is 4. The van der Waals surface area contributed by atoms with Crippen molar-refractivity contribution in [3.05, 3.63) is 82.1 Å². The molecule has 0 spiro atoms. The van der Waals surface area contributed by atoms with Crippen molar-refractivity contribution in [2.24, 2.45) is 0 Å². The van der Waals surface area contributed by atoms with Gasteiger partial charge in [-0.15, -0.1) is 0 Å². The van der Waals surface area contributed by atoms with Crippen LogP contribution in [0.15, 0.2) is 53.5 Å². The maximum absolute atomic E-state index is 14.4. The number of aromatic nitrogens is 3. The van der Waals surface area contributed by atoms with Gasteiger partial charge in [-0.2, -0.15) is 5.10 Å². The molecule has 0 aliphatic heterocycles. The molecule has 0 fully saturated rings. The summed E-state index contributed by atoms with van der Waals surface area (Å²) in [4.78, 5) is 5.48. The average Bonchev–Trinajstić information content (AvgIpc) is 3.09. The Morgan fingerprint density at radius 1 is 1.14 bits per heavy atom. The Kier molecular flexibility index (Phi) is 6.17. The molecular weight excluding hydrogens is 437 g/mol. The van der Waals surface area contributed by atoms with Crippen molar-refractivity contribution in [3.63, 3.8) is 0 Å². The van der Waals surface area contributed by atoms with E-state index in [1.54, 1.807) is 24.1 Å². The third-order valence-electron chi connectivity index (χ3n) is 4.31. The number of likely N-dealkylation sites (N-methyl/N-ethyl adjacent to an activating group) is 1. The van der Waals surface area contributed by atoms with Crippen LogP contribution in [0.4, 0.5) is 13.2 Å². The first-order chi connectivity index (χ1) is 13.3. The Morgan fingerprint density at radius 3 is 2.57 bits per heavy atom. The fraction of sp³-hybridized carbons (Fsp3) is 0.263. The topological polar surface area (TPSA) is 54.2 Å². The van der Waals surface area contributed by atoms with Crippen molar-refractivity contribution < 1.29 is 18.3 Å². The van der Waals surface area contributed by atoms with E-state index in [0.29, 0.717) is 10.0 Å². The minimum atomic E-state index is -1.74. The molecule has 28 heavy (non-hydrogen) atoms. The normalized spacial score (nSPS) is 13.7. The average molecular weight is 455 g/mol. The van der Waals surface area contributed by atoms with Crippen molar-refractivity contribution in [2.45, 2.75) is 18.7 Å². The molecule has 1 heterocycles. The lowest BCUT2D eigenvalue weighted by Crippen LogP contribution is -2.43. The summed E-state index contributed by atoms with van der Waals surface area (Å²) in [7, 11) is 1.68. The standard InChI is InChI=1S/C19H18BrF3N4O/c1-26(8-13-2-3-14(20)6-17(13)22)9-19(28,10-27-12-24-11-25-27)16-5-4-15(21)7-18(16)23/h2-7,11-12,28H,8-10H2,1H3. The van der Waals surface area contributed by atoms with Crippen LogP contribution in [0.1, 0.15) is 11.1 Å². The van der Waals surface area contributed by atoms with E-state index in [9.17, 15) is 18.3 Å². The molecule has 0 saturated carbocycles. The molecule has 0 aliphatic rings. The molecule has 0 amide bonds. The zero-order valence-electron chi connectivity index (χ0n) is 15.0. The van der Waals surface area contributed by atoms with E-state index in [1.807, 2.05) is 0 Å². The van der Waals surface area contributed by atoms with Gasteiger partial charge in [-0.05, 0) is 25.2 Å². The maximum atomic E-state index is 14.4. The first-order valence-corrected chi connectivity index (χ1v) is 9.19. The van der Waals surface area contributed by atoms with Gasteiger partial charge in [0, 0.05) is 34.8 Å². The Balaban J connectivity index is 1.88. The van der Waals surface area contributed by atoms with Crippen LogP contribution >= 0.6 is 15.9 Å². The smallest absolute Gasteiger partial charge is 0.137 e. The first kappa shape index (κ1) is 20.5. The zero-order valence-corrected chi connectivity index (χ0v) is 16.6. The number of rotatable bonds is 7. The van der Waals surface area contributed by atoms with Crippen molar-refractivity contribution >= 4 is 15.9 Å². The van der Waals surface area contributed by atoms with Gasteiger partial charge in [0.25, 0.3) is 0 Å². The van der Waals surface area contributed by atoms with E-state index >= 15 is 0 Å². The Bertz CT molecular complexity index is 954. The summed E-state index contributed by atoms with van der Waals surface area (Å²) in [6.07, 6.45) is 2.68. The lowest BCUT2D eigenvalue weighted by atomic mass is 9.92. The van der Waals surface area contributed by atoms with Crippen molar-refractivity contribution in [1.29, 1.82) is 0 Å². The molecule has 1 atom stereocenters. The van der Waals surface area contributed by atoms with Gasteiger partial charge >= 0.3 is 0 Å². The number of nitrogens with zero attached hydrogens (tertiary/aromatic N) is 4. The molecule has 3 rings (SSSR count). The highest BCUT2D eigenvalue weighted by Gasteiger charge is 2.35. The van der Waals surface area contributed by atoms with Gasteiger partial charge in [-0.3, -0.25) is 4.90 Å². The van der Waals surface area contributed by atoms with Gasteiger partial charge in [0.1, 0.15) is 35.7 Å². The molecule has 2 aromatic carbocycles. The molecule has 0 radical (unpaired) electrons. The molecule has 1 N–H and O–H groups in total. The zero-order chi connectivity index (χ0) is 20.3. The first-order valence-electron chi connectivity index (χ1n) is 8.39. The lowest BCUT2D eigenvalue weighted by Gasteiger charge is -2.33. The molecule has 148 valence electrons. The van der Waals surface area contributed by atoms with Crippen molar-refractivity contribution in [1.82, 2.24) is 19.7 Å². The minimum Gasteiger partial charge on any atom is -0.382 e.